The molecule has 1 unspecified atom stereocenters. The van der Waals surface area contributed by atoms with Gasteiger partial charge in [0.25, 0.3) is 0 Å². The summed E-state index contributed by atoms with van der Waals surface area (Å²) in [6.45, 7) is 18.3. The van der Waals surface area contributed by atoms with E-state index in [2.05, 4.69) is 67.5 Å². The van der Waals surface area contributed by atoms with Gasteiger partial charge in [0.05, 0.1) is 0 Å². The van der Waals surface area contributed by atoms with Gasteiger partial charge in [0.2, 0.25) is 0 Å². The van der Waals surface area contributed by atoms with E-state index in [0.717, 1.165) is 18.9 Å². The van der Waals surface area contributed by atoms with Crippen LogP contribution in [0.4, 0.5) is 0 Å². The Morgan fingerprint density at radius 3 is 1.75 bits per heavy atom. The van der Waals surface area contributed by atoms with Gasteiger partial charge < -0.3 is 5.11 Å². The molecule has 0 aliphatic rings. The molecule has 0 fully saturated rings. The topological polar surface area (TPSA) is 20.2 Å². The van der Waals surface area contributed by atoms with Crippen LogP contribution in [0.5, 0.6) is 0 Å². The molecule has 28 heavy (non-hydrogen) atoms. The lowest BCUT2D eigenvalue weighted by Gasteiger charge is -2.21. The van der Waals surface area contributed by atoms with Gasteiger partial charge in [-0.3, -0.25) is 0 Å². The molecule has 0 heterocycles. The minimum absolute atomic E-state index is 0.771. The van der Waals surface area contributed by atoms with E-state index in [-0.39, 0.29) is 0 Å². The molecule has 0 aromatic rings. The third-order valence-electron chi connectivity index (χ3n) is 5.45. The van der Waals surface area contributed by atoms with Crippen LogP contribution in [0.15, 0.2) is 23.3 Å². The predicted molar refractivity (Wildman–Crippen MR) is 132 cm³/mol. The second-order valence-corrected chi connectivity index (χ2v) is 8.08. The molecule has 0 aliphatic carbocycles. The lowest BCUT2D eigenvalue weighted by Crippen LogP contribution is -2.07. The van der Waals surface area contributed by atoms with Crippen molar-refractivity contribution in [3.05, 3.63) is 23.3 Å². The van der Waals surface area contributed by atoms with E-state index in [1.807, 2.05) is 0 Å². The minimum Gasteiger partial charge on any atom is -0.400 e. The van der Waals surface area contributed by atoms with Crippen LogP contribution in [0.1, 0.15) is 132 Å². The molecule has 1 N–H and O–H groups in total. The first-order valence-corrected chi connectivity index (χ1v) is 12.3. The van der Waals surface area contributed by atoms with Crippen LogP contribution < -0.4 is 0 Å². The molecule has 0 spiro atoms. The molecule has 0 aliphatic heterocycles. The zero-order valence-electron chi connectivity index (χ0n) is 21.2. The SMILES string of the molecule is C/C=C(\CC)CC[C@@H](C)CC(C)/C(=C\CC)CCCC.CCCCCC.CO. The summed E-state index contributed by atoms with van der Waals surface area (Å²) in [5, 5.41) is 7.00. The standard InChI is InChI=1S/C20H38.C6H14.CH4O/c1-7-11-13-20(12-8-2)18(6)16-17(5)14-15-19(9-3)10-4;1-3-5-6-4-2;1-2/h9,12,17-18H,7-8,10-11,13-16H2,1-6H3;3-6H2,1-2H3;2H,1H3/b19-9+,20-12-;;/t17-,18?;;/m1../s1. The number of allylic oxidation sites excluding steroid dienone is 4. The van der Waals surface area contributed by atoms with E-state index < -0.39 is 0 Å². The molecule has 0 aromatic carbocycles. The lowest BCUT2D eigenvalue weighted by molar-refractivity contribution is 0.399. The Bertz CT molecular complexity index is 336. The Labute approximate surface area is 180 Å². The van der Waals surface area contributed by atoms with Crippen molar-refractivity contribution in [1.82, 2.24) is 0 Å². The van der Waals surface area contributed by atoms with Crippen LogP contribution in [0.3, 0.4) is 0 Å². The van der Waals surface area contributed by atoms with E-state index in [1.165, 1.54) is 77.0 Å². The molecule has 0 radical (unpaired) electrons. The zero-order chi connectivity index (χ0) is 22.2. The quantitative estimate of drug-likeness (QED) is 0.229. The largest absolute Gasteiger partial charge is 0.400 e. The molecular formula is C27H56O. The Kier molecular flexibility index (Phi) is 30.3. The molecule has 1 nitrogen and oxygen atoms in total. The van der Waals surface area contributed by atoms with Crippen LogP contribution >= 0.6 is 0 Å². The number of unbranched alkanes of at least 4 members (excludes halogenated alkanes) is 4. The molecule has 0 saturated heterocycles. The summed E-state index contributed by atoms with van der Waals surface area (Å²) in [6.07, 6.45) is 20.7. The first kappa shape index (κ1) is 32.1. The average Bonchev–Trinajstić information content (AvgIpc) is 2.72. The summed E-state index contributed by atoms with van der Waals surface area (Å²) < 4.78 is 0. The number of aliphatic hydroxyl groups excluding tert-OH is 1. The van der Waals surface area contributed by atoms with Gasteiger partial charge in [-0.15, -0.1) is 0 Å². The highest BCUT2D eigenvalue weighted by Gasteiger charge is 2.13. The second kappa shape index (κ2) is 26.4. The molecule has 0 amide bonds. The normalized spacial score (nSPS) is 13.8. The van der Waals surface area contributed by atoms with Gasteiger partial charge in [0.15, 0.2) is 0 Å². The highest BCUT2D eigenvalue weighted by Crippen LogP contribution is 2.27. The average molecular weight is 397 g/mol. The molecule has 1 heteroatoms. The Morgan fingerprint density at radius 1 is 0.821 bits per heavy atom. The third-order valence-corrected chi connectivity index (χ3v) is 5.45. The van der Waals surface area contributed by atoms with Crippen molar-refractivity contribution in [2.24, 2.45) is 11.8 Å². The van der Waals surface area contributed by atoms with Crippen molar-refractivity contribution < 1.29 is 5.11 Å². The predicted octanol–water partition coefficient (Wildman–Crippen LogP) is 9.51. The van der Waals surface area contributed by atoms with Crippen LogP contribution in [0, 0.1) is 11.8 Å². The number of hydrogen-bond donors (Lipinski definition) is 1. The van der Waals surface area contributed by atoms with Crippen molar-refractivity contribution in [3.8, 4) is 0 Å². The number of hydrogen-bond acceptors (Lipinski definition) is 1. The third kappa shape index (κ3) is 21.7. The Hall–Kier alpha value is -0.560. The van der Waals surface area contributed by atoms with Crippen LogP contribution in [0.2, 0.25) is 0 Å². The fraction of sp³-hybridized carbons (Fsp3) is 0.852. The van der Waals surface area contributed by atoms with E-state index in [9.17, 15) is 0 Å². The summed E-state index contributed by atoms with van der Waals surface area (Å²) in [4.78, 5) is 0. The van der Waals surface area contributed by atoms with E-state index in [1.54, 1.807) is 11.1 Å². The molecule has 2 atom stereocenters. The van der Waals surface area contributed by atoms with Gasteiger partial charge in [-0.2, -0.15) is 0 Å². The van der Waals surface area contributed by atoms with E-state index in [0.29, 0.717) is 0 Å². The maximum atomic E-state index is 7.00. The maximum absolute atomic E-state index is 7.00. The zero-order valence-corrected chi connectivity index (χ0v) is 21.2. The van der Waals surface area contributed by atoms with Crippen LogP contribution in [0.25, 0.3) is 0 Å². The van der Waals surface area contributed by atoms with E-state index >= 15 is 0 Å². The summed E-state index contributed by atoms with van der Waals surface area (Å²) in [5.74, 6) is 1.61. The van der Waals surface area contributed by atoms with Gasteiger partial charge in [-0.1, -0.05) is 104 Å². The number of rotatable bonds is 14. The fourth-order valence-corrected chi connectivity index (χ4v) is 3.52. The molecule has 0 saturated carbocycles. The monoisotopic (exact) mass is 396 g/mol. The molecular weight excluding hydrogens is 340 g/mol. The summed E-state index contributed by atoms with van der Waals surface area (Å²) in [7, 11) is 1.00. The molecule has 170 valence electrons. The summed E-state index contributed by atoms with van der Waals surface area (Å²) >= 11 is 0. The van der Waals surface area contributed by atoms with Gasteiger partial charge >= 0.3 is 0 Å². The molecule has 0 bridgehead atoms. The van der Waals surface area contributed by atoms with Gasteiger partial charge in [0.1, 0.15) is 0 Å². The summed E-state index contributed by atoms with van der Waals surface area (Å²) in [6, 6.07) is 0. The van der Waals surface area contributed by atoms with Gasteiger partial charge in [-0.25, -0.2) is 0 Å². The Balaban J connectivity index is -0.000000660. The smallest absolute Gasteiger partial charge is 0.0319 e. The van der Waals surface area contributed by atoms with Crippen LogP contribution in [-0.2, 0) is 0 Å². The van der Waals surface area contributed by atoms with Crippen molar-refractivity contribution in [2.75, 3.05) is 7.11 Å². The van der Waals surface area contributed by atoms with Gasteiger partial charge in [-0.05, 0) is 63.7 Å². The van der Waals surface area contributed by atoms with Crippen LogP contribution in [-0.4, -0.2) is 12.2 Å². The van der Waals surface area contributed by atoms with Gasteiger partial charge in [0, 0.05) is 7.11 Å². The Morgan fingerprint density at radius 2 is 1.36 bits per heavy atom. The second-order valence-electron chi connectivity index (χ2n) is 8.08. The summed E-state index contributed by atoms with van der Waals surface area (Å²) in [5.41, 5.74) is 3.34. The van der Waals surface area contributed by atoms with Crippen molar-refractivity contribution >= 4 is 0 Å². The fourth-order valence-electron chi connectivity index (χ4n) is 3.52. The van der Waals surface area contributed by atoms with Crippen molar-refractivity contribution in [3.63, 3.8) is 0 Å². The molecule has 0 rings (SSSR count). The van der Waals surface area contributed by atoms with E-state index in [4.69, 9.17) is 5.11 Å². The highest BCUT2D eigenvalue weighted by atomic mass is 16.2. The molecule has 0 aromatic heterocycles. The minimum atomic E-state index is 0.771. The maximum Gasteiger partial charge on any atom is 0.0319 e. The first-order chi connectivity index (χ1) is 13.5. The van der Waals surface area contributed by atoms with Crippen molar-refractivity contribution in [1.29, 1.82) is 0 Å². The first-order valence-electron chi connectivity index (χ1n) is 12.3. The highest BCUT2D eigenvalue weighted by molar-refractivity contribution is 5.06. The number of aliphatic hydroxyl groups is 1. The van der Waals surface area contributed by atoms with Crippen molar-refractivity contribution in [2.45, 2.75) is 132 Å². The lowest BCUT2D eigenvalue weighted by atomic mass is 9.85.